The molecule has 0 radical (unpaired) electrons. The third-order valence-electron chi connectivity index (χ3n) is 2.67. The second-order valence-corrected chi connectivity index (χ2v) is 4.66. The highest BCUT2D eigenvalue weighted by atomic mass is 79.9. The molecule has 1 amide bonds. The van der Waals surface area contributed by atoms with Gasteiger partial charge in [-0.3, -0.25) is 14.5 Å². The summed E-state index contributed by atoms with van der Waals surface area (Å²) in [4.78, 5) is 35.2. The van der Waals surface area contributed by atoms with E-state index in [1.807, 2.05) is 0 Å². The summed E-state index contributed by atoms with van der Waals surface area (Å²) in [5, 5.41) is 8.92. The lowest BCUT2D eigenvalue weighted by Gasteiger charge is -2.21. The molecule has 18 heavy (non-hydrogen) atoms. The molecule has 0 saturated heterocycles. The number of ketones is 1. The predicted molar refractivity (Wildman–Crippen MR) is 63.0 cm³/mol. The summed E-state index contributed by atoms with van der Waals surface area (Å²) in [5.41, 5.74) is -0.0266. The van der Waals surface area contributed by atoms with Crippen LogP contribution in [0.15, 0.2) is 16.6 Å². The second kappa shape index (κ2) is 4.16. The molecule has 7 heteroatoms. The highest BCUT2D eigenvalue weighted by Crippen LogP contribution is 2.38. The number of anilines is 1. The number of carbonyl (C=O) groups excluding carboxylic acids is 2. The van der Waals surface area contributed by atoms with Crippen molar-refractivity contribution < 1.29 is 23.9 Å². The van der Waals surface area contributed by atoms with Gasteiger partial charge in [0.25, 0.3) is 11.7 Å². The normalized spacial score (nSPS) is 15.8. The SMILES string of the molecule is CC(C(=O)O)N1C(=O)C(=O)c2cc(F)cc(Br)c21. The van der Waals surface area contributed by atoms with Crippen molar-refractivity contribution >= 4 is 39.3 Å². The zero-order valence-electron chi connectivity index (χ0n) is 9.11. The predicted octanol–water partition coefficient (Wildman–Crippen LogP) is 1.59. The van der Waals surface area contributed by atoms with Crippen LogP contribution in [0.5, 0.6) is 0 Å². The van der Waals surface area contributed by atoms with E-state index in [1.54, 1.807) is 0 Å². The molecule has 2 rings (SSSR count). The van der Waals surface area contributed by atoms with Crippen LogP contribution in [0.4, 0.5) is 10.1 Å². The minimum Gasteiger partial charge on any atom is -0.480 e. The molecular formula is C11H7BrFNO4. The summed E-state index contributed by atoms with van der Waals surface area (Å²) < 4.78 is 13.4. The van der Waals surface area contributed by atoms with E-state index in [-0.39, 0.29) is 15.7 Å². The molecule has 1 aliphatic heterocycles. The van der Waals surface area contributed by atoms with Gasteiger partial charge in [0.15, 0.2) is 0 Å². The molecule has 5 nitrogen and oxygen atoms in total. The lowest BCUT2D eigenvalue weighted by Crippen LogP contribution is -2.42. The lowest BCUT2D eigenvalue weighted by atomic mass is 10.1. The Morgan fingerprint density at radius 3 is 2.61 bits per heavy atom. The number of rotatable bonds is 2. The van der Waals surface area contributed by atoms with E-state index in [9.17, 15) is 18.8 Å². The summed E-state index contributed by atoms with van der Waals surface area (Å²) in [6, 6.07) is 0.797. The Hall–Kier alpha value is -1.76. The first-order valence-corrected chi connectivity index (χ1v) is 5.73. The van der Waals surface area contributed by atoms with Crippen LogP contribution in [-0.2, 0) is 9.59 Å². The number of fused-ring (bicyclic) bond motifs is 1. The van der Waals surface area contributed by atoms with Crippen LogP contribution in [0, 0.1) is 5.82 Å². The van der Waals surface area contributed by atoms with Gasteiger partial charge >= 0.3 is 5.97 Å². The summed E-state index contributed by atoms with van der Waals surface area (Å²) in [5.74, 6) is -3.80. The van der Waals surface area contributed by atoms with E-state index in [0.717, 1.165) is 17.0 Å². The minimum absolute atomic E-state index is 0.0984. The molecule has 1 aliphatic rings. The van der Waals surface area contributed by atoms with E-state index in [1.165, 1.54) is 6.92 Å². The maximum absolute atomic E-state index is 13.2. The van der Waals surface area contributed by atoms with Gasteiger partial charge in [-0.15, -0.1) is 0 Å². The Morgan fingerprint density at radius 1 is 1.44 bits per heavy atom. The van der Waals surface area contributed by atoms with Crippen molar-refractivity contribution in [2.75, 3.05) is 4.90 Å². The van der Waals surface area contributed by atoms with Crippen molar-refractivity contribution in [2.45, 2.75) is 13.0 Å². The molecule has 94 valence electrons. The maximum Gasteiger partial charge on any atom is 0.326 e. The molecule has 0 bridgehead atoms. The van der Waals surface area contributed by atoms with Gasteiger partial charge in [-0.1, -0.05) is 0 Å². The van der Waals surface area contributed by atoms with Gasteiger partial charge in [-0.2, -0.15) is 0 Å². The Labute approximate surface area is 109 Å². The molecule has 0 saturated carbocycles. The second-order valence-electron chi connectivity index (χ2n) is 3.80. The monoisotopic (exact) mass is 315 g/mol. The number of carboxylic acid groups (broad SMARTS) is 1. The standard InChI is InChI=1S/C11H7BrFNO4/c1-4(11(17)18)14-8-6(9(15)10(14)16)2-5(13)3-7(8)12/h2-4H,1H3,(H,17,18). The molecule has 1 unspecified atom stereocenters. The molecule has 0 spiro atoms. The molecule has 0 fully saturated rings. The third-order valence-corrected chi connectivity index (χ3v) is 3.28. The van der Waals surface area contributed by atoms with E-state index in [2.05, 4.69) is 15.9 Å². The van der Waals surface area contributed by atoms with Crippen LogP contribution in [0.3, 0.4) is 0 Å². The zero-order chi connectivity index (χ0) is 13.6. The van der Waals surface area contributed by atoms with Gasteiger partial charge in [-0.05, 0) is 35.0 Å². The Morgan fingerprint density at radius 2 is 2.06 bits per heavy atom. The smallest absolute Gasteiger partial charge is 0.326 e. The van der Waals surface area contributed by atoms with Crippen LogP contribution < -0.4 is 4.90 Å². The number of halogens is 2. The zero-order valence-corrected chi connectivity index (χ0v) is 10.7. The van der Waals surface area contributed by atoms with Gasteiger partial charge in [0, 0.05) is 4.47 Å². The van der Waals surface area contributed by atoms with Crippen LogP contribution in [0.2, 0.25) is 0 Å². The minimum atomic E-state index is -1.25. The fourth-order valence-electron chi connectivity index (χ4n) is 1.79. The van der Waals surface area contributed by atoms with Gasteiger partial charge in [0.1, 0.15) is 11.9 Å². The number of amides is 1. The van der Waals surface area contributed by atoms with E-state index < -0.39 is 29.5 Å². The van der Waals surface area contributed by atoms with Gasteiger partial charge in [-0.25, -0.2) is 9.18 Å². The average Bonchev–Trinajstić information content (AvgIpc) is 2.52. The van der Waals surface area contributed by atoms with Crippen molar-refractivity contribution in [3.8, 4) is 0 Å². The molecule has 0 aromatic heterocycles. The highest BCUT2D eigenvalue weighted by molar-refractivity contribution is 9.10. The van der Waals surface area contributed by atoms with Crippen molar-refractivity contribution in [3.63, 3.8) is 0 Å². The maximum atomic E-state index is 13.2. The first kappa shape index (κ1) is 12.7. The van der Waals surface area contributed by atoms with E-state index >= 15 is 0 Å². The van der Waals surface area contributed by atoms with Gasteiger partial charge < -0.3 is 5.11 Å². The van der Waals surface area contributed by atoms with Crippen molar-refractivity contribution in [1.82, 2.24) is 0 Å². The van der Waals surface area contributed by atoms with E-state index in [4.69, 9.17) is 5.11 Å². The first-order valence-electron chi connectivity index (χ1n) is 4.94. The van der Waals surface area contributed by atoms with Crippen molar-refractivity contribution in [1.29, 1.82) is 0 Å². The summed E-state index contributed by atoms with van der Waals surface area (Å²) >= 11 is 3.03. The summed E-state index contributed by atoms with van der Waals surface area (Å²) in [6.07, 6.45) is 0. The van der Waals surface area contributed by atoms with Crippen LogP contribution in [0.1, 0.15) is 17.3 Å². The number of carboxylic acids is 1. The Balaban J connectivity index is 2.65. The number of nitrogens with zero attached hydrogens (tertiary/aromatic N) is 1. The summed E-state index contributed by atoms with van der Waals surface area (Å²) in [6.45, 7) is 1.28. The number of Topliss-reactive ketones (excluding diaryl/α,β-unsaturated/α-hetero) is 1. The summed E-state index contributed by atoms with van der Waals surface area (Å²) in [7, 11) is 0. The lowest BCUT2D eigenvalue weighted by molar-refractivity contribution is -0.139. The van der Waals surface area contributed by atoms with Crippen molar-refractivity contribution in [2.24, 2.45) is 0 Å². The van der Waals surface area contributed by atoms with Crippen LogP contribution >= 0.6 is 15.9 Å². The molecule has 1 N–H and O–H groups in total. The number of benzene rings is 1. The van der Waals surface area contributed by atoms with Crippen LogP contribution in [0.25, 0.3) is 0 Å². The topological polar surface area (TPSA) is 74.7 Å². The van der Waals surface area contributed by atoms with Crippen molar-refractivity contribution in [3.05, 3.63) is 28.0 Å². The molecule has 1 atom stereocenters. The third kappa shape index (κ3) is 1.71. The van der Waals surface area contributed by atoms with Gasteiger partial charge in [0.2, 0.25) is 0 Å². The number of aliphatic carboxylic acids is 1. The Kier molecular flexibility index (Phi) is 2.94. The molecule has 1 heterocycles. The quantitative estimate of drug-likeness (QED) is 0.841. The largest absolute Gasteiger partial charge is 0.480 e. The highest BCUT2D eigenvalue weighted by Gasteiger charge is 2.42. The number of hydrogen-bond donors (Lipinski definition) is 1. The molecule has 0 aliphatic carbocycles. The molecule has 1 aromatic carbocycles. The fraction of sp³-hybridized carbons (Fsp3) is 0.182. The molecular weight excluding hydrogens is 309 g/mol. The number of carbonyl (C=O) groups is 3. The van der Waals surface area contributed by atoms with Gasteiger partial charge in [0.05, 0.1) is 11.3 Å². The fourth-order valence-corrected chi connectivity index (χ4v) is 2.41. The van der Waals surface area contributed by atoms with E-state index in [0.29, 0.717) is 0 Å². The van der Waals surface area contributed by atoms with Crippen LogP contribution in [-0.4, -0.2) is 28.8 Å². The Bertz CT molecular complexity index is 587. The average molecular weight is 316 g/mol. The number of hydrogen-bond acceptors (Lipinski definition) is 3. The first-order chi connectivity index (χ1) is 8.34. The molecule has 1 aromatic rings.